The second-order valence-electron chi connectivity index (χ2n) is 11.6. The molecule has 1 aliphatic rings. The van der Waals surface area contributed by atoms with Gasteiger partial charge >= 0.3 is 36.0 Å². The third-order valence-electron chi connectivity index (χ3n) is 7.70. The van der Waals surface area contributed by atoms with Crippen molar-refractivity contribution in [2.45, 2.75) is 82.8 Å². The van der Waals surface area contributed by atoms with Crippen LogP contribution >= 0.6 is 0 Å². The predicted octanol–water partition coefficient (Wildman–Crippen LogP) is 3.80. The number of rotatable bonds is 18. The molecule has 16 heteroatoms. The van der Waals surface area contributed by atoms with Gasteiger partial charge in [0, 0.05) is 25.2 Å². The van der Waals surface area contributed by atoms with Crippen LogP contribution in [0.4, 0.5) is 13.2 Å². The lowest BCUT2D eigenvalue weighted by Gasteiger charge is -2.30. The first-order valence-electron chi connectivity index (χ1n) is 16.7. The van der Waals surface area contributed by atoms with Gasteiger partial charge in [-0.15, -0.1) is 0 Å². The van der Waals surface area contributed by atoms with Gasteiger partial charge in [-0.3, -0.25) is 19.7 Å². The highest BCUT2D eigenvalue weighted by Crippen LogP contribution is 2.22. The summed E-state index contributed by atoms with van der Waals surface area (Å²) in [5.74, 6) is -6.00. The van der Waals surface area contributed by atoms with Crippen molar-refractivity contribution < 1.29 is 61.6 Å². The van der Waals surface area contributed by atoms with Crippen LogP contribution in [0.1, 0.15) is 56.6 Å². The van der Waals surface area contributed by atoms with Crippen LogP contribution < -0.4 is 10.6 Å². The molecule has 0 aromatic heterocycles. The van der Waals surface area contributed by atoms with E-state index in [1.165, 1.54) is 4.90 Å². The minimum atomic E-state index is -4.98. The number of aryl methyl sites for hydroxylation is 1. The summed E-state index contributed by atoms with van der Waals surface area (Å²) in [6.45, 7) is 1.97. The Kier molecular flexibility index (Phi) is 18.6. The van der Waals surface area contributed by atoms with E-state index in [0.717, 1.165) is 11.1 Å². The van der Waals surface area contributed by atoms with Gasteiger partial charge in [0.1, 0.15) is 18.7 Å². The van der Waals surface area contributed by atoms with Crippen molar-refractivity contribution in [3.63, 3.8) is 0 Å². The maximum absolute atomic E-state index is 13.9. The molecule has 2 aromatic rings. The number of amides is 2. The molecular weight excluding hydrogens is 691 g/mol. The lowest BCUT2D eigenvalue weighted by Crippen LogP contribution is -2.54. The van der Waals surface area contributed by atoms with Crippen LogP contribution in [0.5, 0.6) is 0 Å². The third-order valence-corrected chi connectivity index (χ3v) is 7.70. The standard InChI is InChI=1S/C32H40F3N3O6.C4H4O4/c1-2-43-29(40)26(19-18-23-12-5-3-6-13-23)37-25(16-9-10-20-36-31(42)32(33,34)35)28(39)38-21-11-17-27(38)30(41)44-22-24-14-7-4-8-15-24;5-3(6)1-2-4(7)8/h3-8,12-15,25-27,37H,2,9-11,16-22H2,1H3,(H,36,42);1-2H,(H,5,6)(H,7,8)/b;2-1-/t25-,26-,27-;/m0./s1. The van der Waals surface area contributed by atoms with E-state index >= 15 is 0 Å². The smallest absolute Gasteiger partial charge is 0.471 e. The molecule has 52 heavy (non-hydrogen) atoms. The van der Waals surface area contributed by atoms with Crippen molar-refractivity contribution in [1.82, 2.24) is 15.5 Å². The van der Waals surface area contributed by atoms with Gasteiger partial charge in [-0.1, -0.05) is 60.7 Å². The monoisotopic (exact) mass is 735 g/mol. The number of unbranched alkanes of at least 4 members (excludes halogenated alkanes) is 1. The number of halogens is 3. The molecule has 1 saturated heterocycles. The first-order valence-corrected chi connectivity index (χ1v) is 16.7. The average Bonchev–Trinajstić information content (AvgIpc) is 3.61. The van der Waals surface area contributed by atoms with E-state index in [1.54, 1.807) is 6.92 Å². The summed E-state index contributed by atoms with van der Waals surface area (Å²) >= 11 is 0. The summed E-state index contributed by atoms with van der Waals surface area (Å²) in [4.78, 5) is 71.6. The number of nitrogens with zero attached hydrogens (tertiary/aromatic N) is 1. The van der Waals surface area contributed by atoms with Gasteiger partial charge in [-0.2, -0.15) is 13.2 Å². The molecule has 4 N–H and O–H groups in total. The Balaban J connectivity index is 0.00000104. The van der Waals surface area contributed by atoms with E-state index in [1.807, 2.05) is 66.0 Å². The van der Waals surface area contributed by atoms with E-state index in [4.69, 9.17) is 19.7 Å². The van der Waals surface area contributed by atoms with E-state index in [9.17, 15) is 41.9 Å². The molecule has 0 unspecified atom stereocenters. The summed E-state index contributed by atoms with van der Waals surface area (Å²) in [5, 5.41) is 20.6. The fraction of sp³-hybridized carbons (Fsp3) is 0.444. The summed E-state index contributed by atoms with van der Waals surface area (Å²) in [6, 6.07) is 16.1. The number of hydrogen-bond donors (Lipinski definition) is 4. The molecule has 3 rings (SSSR count). The Hall–Kier alpha value is -5.25. The summed E-state index contributed by atoms with van der Waals surface area (Å²) in [7, 11) is 0. The number of carbonyl (C=O) groups excluding carboxylic acids is 4. The Bertz CT molecular complexity index is 1470. The third kappa shape index (κ3) is 16.2. The molecule has 284 valence electrons. The zero-order valence-corrected chi connectivity index (χ0v) is 28.7. The minimum Gasteiger partial charge on any atom is -0.478 e. The molecule has 2 aromatic carbocycles. The predicted molar refractivity (Wildman–Crippen MR) is 180 cm³/mol. The first-order chi connectivity index (χ1) is 24.7. The fourth-order valence-electron chi connectivity index (χ4n) is 5.21. The number of alkyl halides is 3. The van der Waals surface area contributed by atoms with Crippen LogP contribution in [0.25, 0.3) is 0 Å². The molecule has 0 spiro atoms. The number of aliphatic carboxylic acids is 2. The van der Waals surface area contributed by atoms with E-state index in [-0.39, 0.29) is 39.0 Å². The van der Waals surface area contributed by atoms with Crippen LogP contribution in [-0.2, 0) is 51.3 Å². The molecule has 3 atom stereocenters. The number of carboxylic acid groups (broad SMARTS) is 2. The number of esters is 2. The van der Waals surface area contributed by atoms with Crippen molar-refractivity contribution >= 4 is 35.7 Å². The summed E-state index contributed by atoms with van der Waals surface area (Å²) in [5.41, 5.74) is 1.80. The molecule has 0 radical (unpaired) electrons. The zero-order chi connectivity index (χ0) is 38.5. The molecule has 0 bridgehead atoms. The first kappa shape index (κ1) is 42.9. The van der Waals surface area contributed by atoms with Crippen LogP contribution in [0.2, 0.25) is 0 Å². The Morgan fingerprint density at radius 1 is 0.865 bits per heavy atom. The van der Waals surface area contributed by atoms with Crippen molar-refractivity contribution in [3.05, 3.63) is 83.9 Å². The number of likely N-dealkylation sites (tertiary alicyclic amines) is 1. The number of carbonyl (C=O) groups is 6. The molecule has 1 fully saturated rings. The van der Waals surface area contributed by atoms with Gasteiger partial charge in [-0.05, 0) is 63.0 Å². The van der Waals surface area contributed by atoms with Crippen molar-refractivity contribution in [3.8, 4) is 0 Å². The van der Waals surface area contributed by atoms with E-state index in [2.05, 4.69) is 5.32 Å². The van der Waals surface area contributed by atoms with Gasteiger partial charge in [0.05, 0.1) is 12.6 Å². The lowest BCUT2D eigenvalue weighted by molar-refractivity contribution is -0.173. The second-order valence-corrected chi connectivity index (χ2v) is 11.6. The van der Waals surface area contributed by atoms with Crippen LogP contribution in [0.15, 0.2) is 72.8 Å². The van der Waals surface area contributed by atoms with E-state index < -0.39 is 60.0 Å². The Labute approximate surface area is 299 Å². The Morgan fingerprint density at radius 3 is 2.02 bits per heavy atom. The average molecular weight is 736 g/mol. The zero-order valence-electron chi connectivity index (χ0n) is 28.7. The highest BCUT2D eigenvalue weighted by Gasteiger charge is 2.40. The maximum atomic E-state index is 13.9. The molecule has 1 heterocycles. The molecule has 0 aliphatic carbocycles. The molecule has 1 aliphatic heterocycles. The number of nitrogens with one attached hydrogen (secondary N) is 2. The van der Waals surface area contributed by atoms with Gasteiger partial charge in [0.25, 0.3) is 0 Å². The summed E-state index contributed by atoms with van der Waals surface area (Å²) < 4.78 is 48.4. The van der Waals surface area contributed by atoms with E-state index in [0.29, 0.717) is 44.4 Å². The SMILES string of the molecule is CCOC(=O)[C@H](CCc1ccccc1)N[C@@H](CCCCNC(=O)C(F)(F)F)C(=O)N1CCC[C@H]1C(=O)OCc1ccccc1.O=C(O)/C=C\C(=O)O. The van der Waals surface area contributed by atoms with Gasteiger partial charge < -0.3 is 29.9 Å². The van der Waals surface area contributed by atoms with Crippen molar-refractivity contribution in [1.29, 1.82) is 0 Å². The summed E-state index contributed by atoms with van der Waals surface area (Å²) in [6.07, 6.45) is -1.40. The number of hydrogen-bond acceptors (Lipinski definition) is 9. The topological polar surface area (TPSA) is 189 Å². The largest absolute Gasteiger partial charge is 0.478 e. The fourth-order valence-corrected chi connectivity index (χ4v) is 5.21. The number of ether oxygens (including phenoxy) is 2. The quantitative estimate of drug-likeness (QED) is 0.0991. The number of carboxylic acids is 2. The second kappa shape index (κ2) is 22.5. The van der Waals surface area contributed by atoms with Gasteiger partial charge in [0.2, 0.25) is 5.91 Å². The van der Waals surface area contributed by atoms with Crippen molar-refractivity contribution in [2.24, 2.45) is 0 Å². The van der Waals surface area contributed by atoms with Crippen LogP contribution in [-0.4, -0.2) is 94.8 Å². The normalized spacial score (nSPS) is 15.2. The molecular formula is C36H44F3N3O10. The lowest BCUT2D eigenvalue weighted by atomic mass is 10.0. The number of benzene rings is 2. The molecule has 13 nitrogen and oxygen atoms in total. The van der Waals surface area contributed by atoms with Crippen LogP contribution in [0, 0.1) is 0 Å². The van der Waals surface area contributed by atoms with Gasteiger partial charge in [-0.25, -0.2) is 14.4 Å². The van der Waals surface area contributed by atoms with Gasteiger partial charge in [0.15, 0.2) is 0 Å². The highest BCUT2D eigenvalue weighted by atomic mass is 19.4. The highest BCUT2D eigenvalue weighted by molar-refractivity contribution is 5.90. The minimum absolute atomic E-state index is 0.0634. The maximum Gasteiger partial charge on any atom is 0.471 e. The van der Waals surface area contributed by atoms with Crippen LogP contribution in [0.3, 0.4) is 0 Å². The van der Waals surface area contributed by atoms with Crippen molar-refractivity contribution in [2.75, 3.05) is 19.7 Å². The molecule has 2 amide bonds. The Morgan fingerprint density at radius 2 is 1.46 bits per heavy atom. The molecule has 0 saturated carbocycles.